The molecule has 0 radical (unpaired) electrons. The predicted molar refractivity (Wildman–Crippen MR) is 111 cm³/mol. The Kier molecular flexibility index (Phi) is 7.40. The van der Waals surface area contributed by atoms with E-state index < -0.39 is 6.61 Å². The number of benzene rings is 1. The predicted octanol–water partition coefficient (Wildman–Crippen LogP) is 2.67. The van der Waals surface area contributed by atoms with Gasteiger partial charge in [0.2, 0.25) is 5.91 Å². The fourth-order valence-corrected chi connectivity index (χ4v) is 3.75. The number of ketones is 1. The molecular formula is C22H27F2N3O4. The van der Waals surface area contributed by atoms with E-state index in [-0.39, 0.29) is 30.5 Å². The molecule has 0 unspecified atom stereocenters. The summed E-state index contributed by atoms with van der Waals surface area (Å²) in [7, 11) is 1.75. The molecule has 1 amide bonds. The van der Waals surface area contributed by atoms with Crippen LogP contribution in [0.3, 0.4) is 0 Å². The summed E-state index contributed by atoms with van der Waals surface area (Å²) in [5.74, 6) is -0.0338. The normalized spacial score (nSPS) is 14.4. The molecule has 3 rings (SSSR count). The van der Waals surface area contributed by atoms with Crippen molar-refractivity contribution < 1.29 is 27.8 Å². The maximum absolute atomic E-state index is 12.9. The van der Waals surface area contributed by atoms with Gasteiger partial charge in [-0.1, -0.05) is 0 Å². The van der Waals surface area contributed by atoms with Crippen molar-refractivity contribution in [2.75, 3.05) is 46.4 Å². The molecule has 0 saturated carbocycles. The number of carbonyl (C=O) groups excluding carboxylic acids is 2. The maximum atomic E-state index is 12.9. The zero-order chi connectivity index (χ0) is 22.5. The first-order valence-corrected chi connectivity index (χ1v) is 10.1. The number of aromatic nitrogens is 1. The number of nitrogens with zero attached hydrogens (tertiary/aromatic N) is 3. The van der Waals surface area contributed by atoms with Crippen LogP contribution in [0.25, 0.3) is 5.69 Å². The first-order chi connectivity index (χ1) is 14.8. The minimum atomic E-state index is -2.88. The van der Waals surface area contributed by atoms with Gasteiger partial charge in [0.15, 0.2) is 5.78 Å². The van der Waals surface area contributed by atoms with Crippen molar-refractivity contribution in [3.05, 3.63) is 47.3 Å². The third-order valence-electron chi connectivity index (χ3n) is 5.23. The fraction of sp³-hybridized carbons (Fsp3) is 0.455. The fourth-order valence-electron chi connectivity index (χ4n) is 3.75. The molecule has 1 aromatic heterocycles. The Morgan fingerprint density at radius 1 is 1.13 bits per heavy atom. The zero-order valence-electron chi connectivity index (χ0n) is 17.9. The molecule has 1 aromatic carbocycles. The molecule has 168 valence electrons. The molecule has 0 aliphatic carbocycles. The van der Waals surface area contributed by atoms with Gasteiger partial charge in [0.25, 0.3) is 0 Å². The number of hydrogen-bond acceptors (Lipinski definition) is 5. The molecule has 1 fully saturated rings. The van der Waals surface area contributed by atoms with Gasteiger partial charge in [0, 0.05) is 35.7 Å². The van der Waals surface area contributed by atoms with E-state index >= 15 is 0 Å². The van der Waals surface area contributed by atoms with Crippen LogP contribution in [0, 0.1) is 13.8 Å². The summed E-state index contributed by atoms with van der Waals surface area (Å²) in [6.45, 7) is 3.33. The number of ether oxygens (including phenoxy) is 2. The van der Waals surface area contributed by atoms with Crippen LogP contribution in [0.4, 0.5) is 8.78 Å². The van der Waals surface area contributed by atoms with Crippen LogP contribution in [0.5, 0.6) is 5.75 Å². The Balaban J connectivity index is 1.67. The van der Waals surface area contributed by atoms with E-state index in [1.165, 1.54) is 12.1 Å². The van der Waals surface area contributed by atoms with Gasteiger partial charge in [-0.05, 0) is 51.2 Å². The van der Waals surface area contributed by atoms with E-state index in [1.807, 2.05) is 18.4 Å². The lowest BCUT2D eigenvalue weighted by Crippen LogP contribution is -2.45. The van der Waals surface area contributed by atoms with Crippen LogP contribution in [0.1, 0.15) is 21.7 Å². The molecule has 2 heterocycles. The van der Waals surface area contributed by atoms with Crippen molar-refractivity contribution in [3.8, 4) is 11.4 Å². The quantitative estimate of drug-likeness (QED) is 0.597. The highest BCUT2D eigenvalue weighted by Gasteiger charge is 2.22. The van der Waals surface area contributed by atoms with Gasteiger partial charge in [-0.15, -0.1) is 0 Å². The lowest BCUT2D eigenvalue weighted by atomic mass is 10.1. The lowest BCUT2D eigenvalue weighted by molar-refractivity contribution is -0.136. The zero-order valence-corrected chi connectivity index (χ0v) is 17.9. The molecule has 9 heteroatoms. The van der Waals surface area contributed by atoms with Gasteiger partial charge < -0.3 is 18.9 Å². The number of carbonyl (C=O) groups is 2. The summed E-state index contributed by atoms with van der Waals surface area (Å²) >= 11 is 0. The van der Waals surface area contributed by atoms with E-state index in [4.69, 9.17) is 4.74 Å². The number of amides is 1. The molecule has 31 heavy (non-hydrogen) atoms. The van der Waals surface area contributed by atoms with Crippen molar-refractivity contribution in [1.82, 2.24) is 14.4 Å². The van der Waals surface area contributed by atoms with Crippen LogP contribution in [-0.2, 0) is 9.53 Å². The lowest BCUT2D eigenvalue weighted by Gasteiger charge is -2.28. The molecule has 2 aromatic rings. The summed E-state index contributed by atoms with van der Waals surface area (Å²) in [5.41, 5.74) is 2.90. The van der Waals surface area contributed by atoms with Crippen LogP contribution in [0.15, 0.2) is 30.3 Å². The van der Waals surface area contributed by atoms with Gasteiger partial charge in [0.1, 0.15) is 5.75 Å². The summed E-state index contributed by atoms with van der Waals surface area (Å²) in [6, 6.07) is 8.07. The first kappa shape index (κ1) is 22.9. The molecule has 0 atom stereocenters. The Morgan fingerprint density at radius 2 is 1.77 bits per heavy atom. The minimum absolute atomic E-state index is 0.0184. The van der Waals surface area contributed by atoms with Gasteiger partial charge in [-0.25, -0.2) is 0 Å². The first-order valence-electron chi connectivity index (χ1n) is 10.1. The average molecular weight is 435 g/mol. The standard InChI is InChI=1S/C22H27F2N3O4/c1-15-12-19(16(2)27(15)17-4-6-18(7-5-17)31-22(23)24)20(28)13-25(3)14-21(29)26-8-10-30-11-9-26/h4-7,12,22H,8-11,13-14H2,1-3H3. The molecule has 0 spiro atoms. The van der Waals surface area contributed by atoms with Crippen molar-refractivity contribution in [2.45, 2.75) is 20.5 Å². The topological polar surface area (TPSA) is 64.0 Å². The Morgan fingerprint density at radius 3 is 2.39 bits per heavy atom. The maximum Gasteiger partial charge on any atom is 0.387 e. The number of Topliss-reactive ketones (excluding diaryl/α,β-unsaturated/α-hetero) is 1. The molecule has 1 saturated heterocycles. The number of likely N-dealkylation sites (N-methyl/N-ethyl adjacent to an activating group) is 1. The second-order valence-electron chi connectivity index (χ2n) is 7.58. The molecule has 1 aliphatic heterocycles. The van der Waals surface area contributed by atoms with Crippen LogP contribution < -0.4 is 4.74 Å². The third kappa shape index (κ3) is 5.68. The monoisotopic (exact) mass is 435 g/mol. The molecule has 7 nitrogen and oxygen atoms in total. The van der Waals surface area contributed by atoms with Crippen molar-refractivity contribution in [3.63, 3.8) is 0 Å². The summed E-state index contributed by atoms with van der Waals surface area (Å²) in [4.78, 5) is 28.7. The highest BCUT2D eigenvalue weighted by molar-refractivity contribution is 5.99. The van der Waals surface area contributed by atoms with Crippen LogP contribution in [0.2, 0.25) is 0 Å². The highest BCUT2D eigenvalue weighted by atomic mass is 19.3. The van der Waals surface area contributed by atoms with Crippen molar-refractivity contribution in [2.24, 2.45) is 0 Å². The minimum Gasteiger partial charge on any atom is -0.435 e. The smallest absolute Gasteiger partial charge is 0.387 e. The molecule has 0 bridgehead atoms. The molecule has 0 N–H and O–H groups in total. The largest absolute Gasteiger partial charge is 0.435 e. The van der Waals surface area contributed by atoms with Gasteiger partial charge in [-0.2, -0.15) is 8.78 Å². The number of morpholine rings is 1. The second-order valence-corrected chi connectivity index (χ2v) is 7.58. The number of aryl methyl sites for hydroxylation is 1. The van der Waals surface area contributed by atoms with Crippen LogP contribution in [-0.4, -0.2) is 79.1 Å². The summed E-state index contributed by atoms with van der Waals surface area (Å²) in [5, 5.41) is 0. The summed E-state index contributed by atoms with van der Waals surface area (Å²) in [6.07, 6.45) is 0. The van der Waals surface area contributed by atoms with Gasteiger partial charge >= 0.3 is 6.61 Å². The third-order valence-corrected chi connectivity index (χ3v) is 5.23. The number of alkyl halides is 2. The highest BCUT2D eigenvalue weighted by Crippen LogP contribution is 2.24. The number of halogens is 2. The van der Waals surface area contributed by atoms with E-state index in [0.29, 0.717) is 31.9 Å². The van der Waals surface area contributed by atoms with Crippen molar-refractivity contribution >= 4 is 11.7 Å². The SMILES string of the molecule is Cc1cc(C(=O)CN(C)CC(=O)N2CCOCC2)c(C)n1-c1ccc(OC(F)F)cc1. The Hall–Kier alpha value is -2.78. The van der Waals surface area contributed by atoms with Gasteiger partial charge in [0.05, 0.1) is 26.3 Å². The Bertz CT molecular complexity index is 922. The number of hydrogen-bond donors (Lipinski definition) is 0. The Labute approximate surface area is 180 Å². The molecule has 1 aliphatic rings. The number of rotatable bonds is 8. The van der Waals surface area contributed by atoms with Crippen LogP contribution >= 0.6 is 0 Å². The van der Waals surface area contributed by atoms with Gasteiger partial charge in [-0.3, -0.25) is 14.5 Å². The molecular weight excluding hydrogens is 408 g/mol. The average Bonchev–Trinajstić information content (AvgIpc) is 3.03. The summed E-state index contributed by atoms with van der Waals surface area (Å²) < 4.78 is 36.2. The van der Waals surface area contributed by atoms with E-state index in [2.05, 4.69) is 4.74 Å². The van der Waals surface area contributed by atoms with E-state index in [9.17, 15) is 18.4 Å². The second kappa shape index (κ2) is 10.0. The van der Waals surface area contributed by atoms with Crippen molar-refractivity contribution in [1.29, 1.82) is 0 Å². The van der Waals surface area contributed by atoms with E-state index in [1.54, 1.807) is 35.0 Å². The van der Waals surface area contributed by atoms with E-state index in [0.717, 1.165) is 17.1 Å².